The van der Waals surface area contributed by atoms with Crippen molar-refractivity contribution in [2.45, 2.75) is 59.0 Å². The van der Waals surface area contributed by atoms with Crippen LogP contribution in [0.5, 0.6) is 0 Å². The summed E-state index contributed by atoms with van der Waals surface area (Å²) in [6.45, 7) is 15.0. The quantitative estimate of drug-likeness (QED) is 0.811. The molecular formula is C17H34N2O. The van der Waals surface area contributed by atoms with Crippen LogP contribution in [-0.2, 0) is 4.74 Å². The van der Waals surface area contributed by atoms with Gasteiger partial charge in [-0.3, -0.25) is 4.90 Å². The van der Waals surface area contributed by atoms with Gasteiger partial charge in [0.1, 0.15) is 0 Å². The molecule has 0 aromatic heterocycles. The molecule has 3 nitrogen and oxygen atoms in total. The molecule has 0 aromatic carbocycles. The first-order valence-corrected chi connectivity index (χ1v) is 8.61. The molecule has 1 N–H and O–H groups in total. The van der Waals surface area contributed by atoms with Gasteiger partial charge in [-0.2, -0.15) is 0 Å². The summed E-state index contributed by atoms with van der Waals surface area (Å²) in [6, 6.07) is 1.39. The predicted molar refractivity (Wildman–Crippen MR) is 85.0 cm³/mol. The van der Waals surface area contributed by atoms with Gasteiger partial charge in [0, 0.05) is 38.4 Å². The lowest BCUT2D eigenvalue weighted by Crippen LogP contribution is -2.58. The second kappa shape index (κ2) is 7.77. The largest absolute Gasteiger partial charge is 0.381 e. The molecule has 2 heterocycles. The Morgan fingerprint density at radius 1 is 1.25 bits per heavy atom. The van der Waals surface area contributed by atoms with Crippen molar-refractivity contribution < 1.29 is 4.74 Å². The van der Waals surface area contributed by atoms with Crippen molar-refractivity contribution in [1.29, 1.82) is 0 Å². The SMILES string of the molecule is CC(C)CC1CN(CCC2CCOC2)C(C(C)C)CN1. The summed E-state index contributed by atoms with van der Waals surface area (Å²) >= 11 is 0. The monoisotopic (exact) mass is 282 g/mol. The van der Waals surface area contributed by atoms with Crippen molar-refractivity contribution in [3.8, 4) is 0 Å². The number of hydrogen-bond acceptors (Lipinski definition) is 3. The highest BCUT2D eigenvalue weighted by molar-refractivity contribution is 4.88. The van der Waals surface area contributed by atoms with Crippen molar-refractivity contribution >= 4 is 0 Å². The highest BCUT2D eigenvalue weighted by Gasteiger charge is 2.30. The maximum Gasteiger partial charge on any atom is 0.0495 e. The Labute approximate surface area is 125 Å². The Kier molecular flexibility index (Phi) is 6.31. The molecule has 0 aromatic rings. The van der Waals surface area contributed by atoms with E-state index in [1.165, 1.54) is 32.4 Å². The molecule has 2 saturated heterocycles. The number of nitrogens with zero attached hydrogens (tertiary/aromatic N) is 1. The molecule has 3 atom stereocenters. The molecule has 0 aliphatic carbocycles. The first-order valence-electron chi connectivity index (χ1n) is 8.61. The third-order valence-corrected chi connectivity index (χ3v) is 4.91. The maximum absolute atomic E-state index is 5.51. The fourth-order valence-electron chi connectivity index (χ4n) is 3.70. The molecule has 0 spiro atoms. The molecule has 2 rings (SSSR count). The van der Waals surface area contributed by atoms with Gasteiger partial charge in [-0.25, -0.2) is 0 Å². The number of rotatable bonds is 6. The van der Waals surface area contributed by atoms with Crippen LogP contribution in [0.2, 0.25) is 0 Å². The standard InChI is InChI=1S/C17H34N2O/c1-13(2)9-16-11-19(17(10-18-16)14(3)4)7-5-15-6-8-20-12-15/h13-18H,5-12H2,1-4H3. The molecule has 2 aliphatic rings. The first-order chi connectivity index (χ1) is 9.56. The van der Waals surface area contributed by atoms with E-state index in [0.717, 1.165) is 37.5 Å². The molecular weight excluding hydrogens is 248 g/mol. The van der Waals surface area contributed by atoms with E-state index in [9.17, 15) is 0 Å². The van der Waals surface area contributed by atoms with Crippen LogP contribution in [0, 0.1) is 17.8 Å². The minimum absolute atomic E-state index is 0.685. The second-order valence-corrected chi connectivity index (χ2v) is 7.56. The molecule has 0 radical (unpaired) electrons. The Morgan fingerprint density at radius 3 is 2.65 bits per heavy atom. The maximum atomic E-state index is 5.51. The lowest BCUT2D eigenvalue weighted by molar-refractivity contribution is 0.0845. The lowest BCUT2D eigenvalue weighted by Gasteiger charge is -2.43. The molecule has 0 amide bonds. The van der Waals surface area contributed by atoms with E-state index < -0.39 is 0 Å². The summed E-state index contributed by atoms with van der Waals surface area (Å²) in [4.78, 5) is 2.76. The van der Waals surface area contributed by atoms with E-state index in [-0.39, 0.29) is 0 Å². The number of ether oxygens (including phenoxy) is 1. The number of hydrogen-bond donors (Lipinski definition) is 1. The first kappa shape index (κ1) is 16.3. The predicted octanol–water partition coefficient (Wildman–Crippen LogP) is 2.76. The Balaban J connectivity index is 1.84. The van der Waals surface area contributed by atoms with Gasteiger partial charge in [0.05, 0.1) is 0 Å². The zero-order valence-electron chi connectivity index (χ0n) is 13.9. The highest BCUT2D eigenvalue weighted by atomic mass is 16.5. The molecule has 2 aliphatic heterocycles. The van der Waals surface area contributed by atoms with Gasteiger partial charge in [-0.15, -0.1) is 0 Å². The zero-order chi connectivity index (χ0) is 14.5. The third-order valence-electron chi connectivity index (χ3n) is 4.91. The summed E-state index contributed by atoms with van der Waals surface area (Å²) in [5.41, 5.74) is 0. The molecule has 118 valence electrons. The van der Waals surface area contributed by atoms with Gasteiger partial charge in [0.2, 0.25) is 0 Å². The minimum Gasteiger partial charge on any atom is -0.381 e. The summed E-state index contributed by atoms with van der Waals surface area (Å²) < 4.78 is 5.51. The van der Waals surface area contributed by atoms with Crippen LogP contribution in [0.25, 0.3) is 0 Å². The van der Waals surface area contributed by atoms with Crippen molar-refractivity contribution in [2.75, 3.05) is 32.8 Å². The summed E-state index contributed by atoms with van der Waals surface area (Å²) in [6.07, 6.45) is 3.89. The Hall–Kier alpha value is -0.120. The molecule has 0 saturated carbocycles. The molecule has 2 fully saturated rings. The van der Waals surface area contributed by atoms with E-state index in [1.807, 2.05) is 0 Å². The van der Waals surface area contributed by atoms with Gasteiger partial charge in [-0.05, 0) is 43.6 Å². The van der Waals surface area contributed by atoms with E-state index >= 15 is 0 Å². The summed E-state index contributed by atoms with van der Waals surface area (Å²) in [7, 11) is 0. The van der Waals surface area contributed by atoms with Gasteiger partial charge in [0.15, 0.2) is 0 Å². The number of nitrogens with one attached hydrogen (secondary N) is 1. The van der Waals surface area contributed by atoms with Crippen LogP contribution in [0.15, 0.2) is 0 Å². The van der Waals surface area contributed by atoms with Gasteiger partial charge >= 0.3 is 0 Å². The number of piperazine rings is 1. The van der Waals surface area contributed by atoms with E-state index in [0.29, 0.717) is 12.1 Å². The molecule has 0 bridgehead atoms. The average Bonchev–Trinajstić information content (AvgIpc) is 2.88. The van der Waals surface area contributed by atoms with Crippen molar-refractivity contribution in [3.05, 3.63) is 0 Å². The smallest absolute Gasteiger partial charge is 0.0495 e. The van der Waals surface area contributed by atoms with Gasteiger partial charge in [-0.1, -0.05) is 27.7 Å². The van der Waals surface area contributed by atoms with Crippen LogP contribution >= 0.6 is 0 Å². The fraction of sp³-hybridized carbons (Fsp3) is 1.00. The molecule has 3 heteroatoms. The normalized spacial score (nSPS) is 32.4. The van der Waals surface area contributed by atoms with Crippen LogP contribution in [0.1, 0.15) is 47.0 Å². The van der Waals surface area contributed by atoms with E-state index in [2.05, 4.69) is 37.9 Å². The molecule has 20 heavy (non-hydrogen) atoms. The minimum atomic E-state index is 0.685. The topological polar surface area (TPSA) is 24.5 Å². The van der Waals surface area contributed by atoms with Crippen LogP contribution < -0.4 is 5.32 Å². The summed E-state index contributed by atoms with van der Waals surface area (Å²) in [5.74, 6) is 2.33. The van der Waals surface area contributed by atoms with E-state index in [1.54, 1.807) is 0 Å². The fourth-order valence-corrected chi connectivity index (χ4v) is 3.70. The van der Waals surface area contributed by atoms with Gasteiger partial charge < -0.3 is 10.1 Å². The molecule has 3 unspecified atom stereocenters. The Morgan fingerprint density at radius 2 is 2.05 bits per heavy atom. The second-order valence-electron chi connectivity index (χ2n) is 7.56. The van der Waals surface area contributed by atoms with E-state index in [4.69, 9.17) is 4.74 Å². The summed E-state index contributed by atoms with van der Waals surface area (Å²) in [5, 5.41) is 3.77. The highest BCUT2D eigenvalue weighted by Crippen LogP contribution is 2.22. The average molecular weight is 282 g/mol. The third kappa shape index (κ3) is 4.71. The lowest BCUT2D eigenvalue weighted by atomic mass is 9.94. The van der Waals surface area contributed by atoms with Gasteiger partial charge in [0.25, 0.3) is 0 Å². The van der Waals surface area contributed by atoms with Crippen LogP contribution in [0.3, 0.4) is 0 Å². The van der Waals surface area contributed by atoms with Crippen LogP contribution in [0.4, 0.5) is 0 Å². The van der Waals surface area contributed by atoms with Crippen molar-refractivity contribution in [1.82, 2.24) is 10.2 Å². The Bertz CT molecular complexity index is 274. The van der Waals surface area contributed by atoms with Crippen LogP contribution in [-0.4, -0.2) is 49.8 Å². The van der Waals surface area contributed by atoms with Crippen molar-refractivity contribution in [2.24, 2.45) is 17.8 Å². The zero-order valence-corrected chi connectivity index (χ0v) is 13.9. The van der Waals surface area contributed by atoms with Crippen molar-refractivity contribution in [3.63, 3.8) is 0 Å².